The van der Waals surface area contributed by atoms with Gasteiger partial charge in [0.15, 0.2) is 0 Å². The van der Waals surface area contributed by atoms with Crippen molar-refractivity contribution in [2.45, 2.75) is 29.7 Å². The second-order valence-corrected chi connectivity index (χ2v) is 6.86. The van der Waals surface area contributed by atoms with E-state index >= 15 is 0 Å². The van der Waals surface area contributed by atoms with Crippen LogP contribution in [0.15, 0.2) is 50.7 Å². The molecule has 0 radical (unpaired) electrons. The van der Waals surface area contributed by atoms with Gasteiger partial charge in [0.2, 0.25) is 0 Å². The van der Waals surface area contributed by atoms with Gasteiger partial charge in [-0.2, -0.15) is 0 Å². The number of rotatable bonds is 4. The lowest BCUT2D eigenvalue weighted by Crippen LogP contribution is -2.07. The van der Waals surface area contributed by atoms with Gasteiger partial charge >= 0.3 is 0 Å². The summed E-state index contributed by atoms with van der Waals surface area (Å²) in [4.78, 5) is 1.96. The number of anilines is 1. The number of hydrogen-bond acceptors (Lipinski definition) is 3. The minimum atomic E-state index is 0.102. The molecule has 2 N–H and O–H groups in total. The fourth-order valence-corrected chi connectivity index (χ4v) is 3.50. The lowest BCUT2D eigenvalue weighted by molar-refractivity contribution is 0.237. The summed E-state index contributed by atoms with van der Waals surface area (Å²) in [5.74, 6) is 0.798. The van der Waals surface area contributed by atoms with Crippen molar-refractivity contribution in [1.29, 1.82) is 0 Å². The maximum absolute atomic E-state index is 6.08. The molecular weight excluding hydrogens is 358 g/mol. The Morgan fingerprint density at radius 3 is 2.65 bits per heavy atom. The average Bonchev–Trinajstić information content (AvgIpc) is 2.35. The largest absolute Gasteiger partial charge is 0.490 e. The van der Waals surface area contributed by atoms with Crippen molar-refractivity contribution < 1.29 is 4.74 Å². The van der Waals surface area contributed by atoms with Crippen LogP contribution in [0.1, 0.15) is 13.8 Å². The Labute approximate surface area is 136 Å². The fourth-order valence-electron chi connectivity index (χ4n) is 1.66. The first kappa shape index (κ1) is 15.5. The SMILES string of the molecule is CC(C)Oc1cccc(N)c1Sc1ccc(Cl)cc1Br. The molecular formula is C15H15BrClNOS. The lowest BCUT2D eigenvalue weighted by atomic mass is 10.3. The summed E-state index contributed by atoms with van der Waals surface area (Å²) in [5.41, 5.74) is 6.79. The van der Waals surface area contributed by atoms with Gasteiger partial charge in [0, 0.05) is 20.1 Å². The normalized spacial score (nSPS) is 10.8. The third kappa shape index (κ3) is 3.84. The molecule has 5 heteroatoms. The van der Waals surface area contributed by atoms with Gasteiger partial charge in [-0.1, -0.05) is 29.4 Å². The maximum Gasteiger partial charge on any atom is 0.135 e. The van der Waals surface area contributed by atoms with E-state index in [1.54, 1.807) is 11.8 Å². The predicted molar refractivity (Wildman–Crippen MR) is 89.9 cm³/mol. The van der Waals surface area contributed by atoms with Crippen LogP contribution < -0.4 is 10.5 Å². The lowest BCUT2D eigenvalue weighted by Gasteiger charge is -2.16. The topological polar surface area (TPSA) is 35.2 Å². The van der Waals surface area contributed by atoms with Gasteiger partial charge in [-0.15, -0.1) is 0 Å². The summed E-state index contributed by atoms with van der Waals surface area (Å²) in [6.45, 7) is 3.99. The van der Waals surface area contributed by atoms with Crippen LogP contribution in [0.4, 0.5) is 5.69 Å². The molecule has 0 aliphatic rings. The van der Waals surface area contributed by atoms with E-state index in [1.165, 1.54) is 0 Å². The molecule has 0 aliphatic heterocycles. The van der Waals surface area contributed by atoms with Crippen LogP contribution in [0.2, 0.25) is 5.02 Å². The number of nitrogens with two attached hydrogens (primary N) is 1. The standard InChI is InChI=1S/C15H15BrClNOS/c1-9(2)19-13-5-3-4-12(18)15(13)20-14-7-6-10(17)8-11(14)16/h3-9H,18H2,1-2H3. The first-order chi connectivity index (χ1) is 9.47. The number of nitrogen functional groups attached to an aromatic ring is 1. The summed E-state index contributed by atoms with van der Waals surface area (Å²) in [7, 11) is 0. The summed E-state index contributed by atoms with van der Waals surface area (Å²) in [6, 6.07) is 11.4. The third-order valence-electron chi connectivity index (χ3n) is 2.48. The van der Waals surface area contributed by atoms with Crippen LogP contribution in [0.3, 0.4) is 0 Å². The van der Waals surface area contributed by atoms with E-state index in [2.05, 4.69) is 15.9 Å². The highest BCUT2D eigenvalue weighted by atomic mass is 79.9. The monoisotopic (exact) mass is 371 g/mol. The van der Waals surface area contributed by atoms with Crippen molar-refractivity contribution in [1.82, 2.24) is 0 Å². The minimum Gasteiger partial charge on any atom is -0.490 e. The second-order valence-electron chi connectivity index (χ2n) is 4.52. The molecule has 106 valence electrons. The molecule has 0 heterocycles. The first-order valence-electron chi connectivity index (χ1n) is 6.15. The molecule has 0 amide bonds. The maximum atomic E-state index is 6.08. The number of benzene rings is 2. The Morgan fingerprint density at radius 1 is 1.25 bits per heavy atom. The Hall–Kier alpha value is -0.840. The van der Waals surface area contributed by atoms with Gasteiger partial charge in [-0.05, 0) is 60.1 Å². The second kappa shape index (κ2) is 6.74. The van der Waals surface area contributed by atoms with E-state index < -0.39 is 0 Å². The Morgan fingerprint density at radius 2 is 2.00 bits per heavy atom. The van der Waals surface area contributed by atoms with Crippen LogP contribution in [0.5, 0.6) is 5.75 Å². The minimum absolute atomic E-state index is 0.102. The zero-order valence-electron chi connectivity index (χ0n) is 11.2. The zero-order chi connectivity index (χ0) is 14.7. The molecule has 0 saturated heterocycles. The van der Waals surface area contributed by atoms with E-state index in [0.717, 1.165) is 20.0 Å². The molecule has 2 rings (SSSR count). The van der Waals surface area contributed by atoms with Crippen LogP contribution in [-0.2, 0) is 0 Å². The summed E-state index contributed by atoms with van der Waals surface area (Å²) in [5, 5.41) is 0.695. The van der Waals surface area contributed by atoms with Crippen molar-refractivity contribution in [2.24, 2.45) is 0 Å². The first-order valence-corrected chi connectivity index (χ1v) is 8.14. The van der Waals surface area contributed by atoms with Crippen LogP contribution >= 0.6 is 39.3 Å². The highest BCUT2D eigenvalue weighted by molar-refractivity contribution is 9.10. The highest BCUT2D eigenvalue weighted by Gasteiger charge is 2.12. The Kier molecular flexibility index (Phi) is 5.24. The van der Waals surface area contributed by atoms with Gasteiger partial charge in [-0.3, -0.25) is 0 Å². The van der Waals surface area contributed by atoms with E-state index in [9.17, 15) is 0 Å². The van der Waals surface area contributed by atoms with Gasteiger partial charge in [0.1, 0.15) is 5.75 Å². The molecule has 20 heavy (non-hydrogen) atoms. The Balaban J connectivity index is 2.37. The van der Waals surface area contributed by atoms with E-state index in [1.807, 2.05) is 50.2 Å². The predicted octanol–water partition coefficient (Wildman–Crippen LogP) is 5.62. The van der Waals surface area contributed by atoms with Gasteiger partial charge in [0.05, 0.1) is 11.0 Å². The molecule has 0 atom stereocenters. The molecule has 0 unspecified atom stereocenters. The molecule has 0 fully saturated rings. The molecule has 0 spiro atoms. The van der Waals surface area contributed by atoms with Crippen molar-refractivity contribution in [3.63, 3.8) is 0 Å². The summed E-state index contributed by atoms with van der Waals surface area (Å²) >= 11 is 11.0. The van der Waals surface area contributed by atoms with Crippen molar-refractivity contribution in [3.05, 3.63) is 45.9 Å². The molecule has 2 aromatic rings. The van der Waals surface area contributed by atoms with Gasteiger partial charge in [-0.25, -0.2) is 0 Å². The van der Waals surface area contributed by atoms with E-state index in [0.29, 0.717) is 10.7 Å². The van der Waals surface area contributed by atoms with E-state index in [4.69, 9.17) is 22.1 Å². The zero-order valence-corrected chi connectivity index (χ0v) is 14.3. The molecule has 0 aliphatic carbocycles. The van der Waals surface area contributed by atoms with Crippen LogP contribution in [-0.4, -0.2) is 6.10 Å². The van der Waals surface area contributed by atoms with Crippen molar-refractivity contribution in [3.8, 4) is 5.75 Å². The molecule has 2 nitrogen and oxygen atoms in total. The van der Waals surface area contributed by atoms with Gasteiger partial charge < -0.3 is 10.5 Å². The average molecular weight is 373 g/mol. The smallest absolute Gasteiger partial charge is 0.135 e. The van der Waals surface area contributed by atoms with E-state index in [-0.39, 0.29) is 6.10 Å². The number of hydrogen-bond donors (Lipinski definition) is 1. The van der Waals surface area contributed by atoms with Gasteiger partial charge in [0.25, 0.3) is 0 Å². The number of halogens is 2. The number of ether oxygens (including phenoxy) is 1. The molecule has 2 aromatic carbocycles. The van der Waals surface area contributed by atoms with Crippen LogP contribution in [0.25, 0.3) is 0 Å². The molecule has 0 saturated carbocycles. The van der Waals surface area contributed by atoms with Crippen molar-refractivity contribution in [2.75, 3.05) is 5.73 Å². The summed E-state index contributed by atoms with van der Waals surface area (Å²) < 4.78 is 6.76. The highest BCUT2D eigenvalue weighted by Crippen LogP contribution is 2.42. The van der Waals surface area contributed by atoms with Crippen molar-refractivity contribution >= 4 is 45.0 Å². The third-order valence-corrected chi connectivity index (χ3v) is 4.85. The Bertz CT molecular complexity index is 619. The molecule has 0 bridgehead atoms. The molecule has 0 aromatic heterocycles. The fraction of sp³-hybridized carbons (Fsp3) is 0.200. The summed E-state index contributed by atoms with van der Waals surface area (Å²) in [6.07, 6.45) is 0.102. The van der Waals surface area contributed by atoms with Crippen LogP contribution in [0, 0.1) is 0 Å². The quantitative estimate of drug-likeness (QED) is 0.707.